The molecule has 16 aromatic carbocycles. The molecule has 0 fully saturated rings. The second kappa shape index (κ2) is 27.4. The summed E-state index contributed by atoms with van der Waals surface area (Å²) in [4.78, 5) is 8.18. The number of nitrogens with zero attached hydrogens (tertiary/aromatic N) is 5. The van der Waals surface area contributed by atoms with Crippen LogP contribution < -0.4 is 19.3 Å². The van der Waals surface area contributed by atoms with Gasteiger partial charge in [-0.15, -0.1) is 0 Å². The highest BCUT2D eigenvalue weighted by Gasteiger charge is 2.28. The highest BCUT2D eigenvalue weighted by atomic mass is 79.9. The smallest absolute Gasteiger partial charge is 0.151 e. The molecule has 9 heteroatoms. The minimum absolute atomic E-state index is 0.841. The summed E-state index contributed by atoms with van der Waals surface area (Å²) >= 11 is 3.55. The molecule has 1 N–H and O–H groups in total. The van der Waals surface area contributed by atoms with Gasteiger partial charge in [-0.2, -0.15) is 0 Å². The number of aromatic nitrogens is 4. The average Bonchev–Trinajstić information content (AvgIpc) is 1.61. The molecule has 0 bridgehead atoms. The third-order valence-corrected chi connectivity index (χ3v) is 21.4. The Bertz CT molecular complexity index is 6630. The molecule has 516 valence electrons. The summed E-state index contributed by atoms with van der Waals surface area (Å²) in [5, 5.41) is 7.43. The van der Waals surface area contributed by atoms with Gasteiger partial charge in [-0.3, -0.25) is 0 Å². The van der Waals surface area contributed by atoms with Crippen molar-refractivity contribution in [3.63, 3.8) is 0 Å². The Morgan fingerprint density at radius 3 is 1.13 bits per heavy atom. The number of hydrogen-bond donors (Lipinski definition) is 1. The first-order chi connectivity index (χ1) is 54.0. The Morgan fingerprint density at radius 2 is 0.633 bits per heavy atom. The monoisotopic (exact) mass is 1460 g/mol. The highest BCUT2D eigenvalue weighted by Crippen LogP contribution is 2.53. The first-order valence-electron chi connectivity index (χ1n) is 36.7. The van der Waals surface area contributed by atoms with E-state index < -0.39 is 0 Å². The average molecular weight is 1460 g/mol. The zero-order valence-corrected chi connectivity index (χ0v) is 60.6. The number of hydrogen-bond acceptors (Lipinski definition) is 4. The maximum Gasteiger partial charge on any atom is 0.151 e. The van der Waals surface area contributed by atoms with Gasteiger partial charge in [0.2, 0.25) is 0 Å². The molecule has 4 aromatic heterocycles. The SMILES string of the molecule is Brc1cccc(N2c3ccccc3Oc3ccccc32)c1.c1ccc(-c2cc(-c3ccccc3)cc(-n3ccc4c3ccc3c5ccccc5n(-c5cccc(N6c7ccccc7Oc7ccccc76)c5)c34)c2)cc1.c1ccc(-c2cc(-c3ccccc3)cc(-n3ccc4c5[nH]c6ccccc6c5ccc43)c2)cc1. The number of halogens is 1. The number of nitrogens with one attached hydrogen (secondary N) is 1. The third kappa shape index (κ3) is 11.7. The van der Waals surface area contributed by atoms with E-state index in [9.17, 15) is 0 Å². The van der Waals surface area contributed by atoms with Crippen molar-refractivity contribution in [3.05, 3.63) is 405 Å². The van der Waals surface area contributed by atoms with Crippen LogP contribution in [-0.2, 0) is 0 Å². The Balaban J connectivity index is 0.000000120. The van der Waals surface area contributed by atoms with Crippen LogP contribution in [0.15, 0.2) is 405 Å². The summed E-state index contributed by atoms with van der Waals surface area (Å²) in [5.41, 5.74) is 26.4. The summed E-state index contributed by atoms with van der Waals surface area (Å²) in [7, 11) is 0. The van der Waals surface area contributed by atoms with Crippen LogP contribution in [0.3, 0.4) is 0 Å². The molecule has 6 heterocycles. The number of para-hydroxylation sites is 10. The van der Waals surface area contributed by atoms with Crippen LogP contribution in [-0.4, -0.2) is 18.7 Å². The summed E-state index contributed by atoms with van der Waals surface area (Å²) in [6.45, 7) is 0. The number of ether oxygens (including phenoxy) is 2. The minimum atomic E-state index is 0.841. The molecule has 0 amide bonds. The van der Waals surface area contributed by atoms with E-state index in [-0.39, 0.29) is 0 Å². The fourth-order valence-electron chi connectivity index (χ4n) is 16.0. The topological polar surface area (TPSA) is 55.5 Å². The predicted molar refractivity (Wildman–Crippen MR) is 456 cm³/mol. The van der Waals surface area contributed by atoms with E-state index in [1.54, 1.807) is 0 Å². The first kappa shape index (κ1) is 64.5. The predicted octanol–water partition coefficient (Wildman–Crippen LogP) is 28.3. The van der Waals surface area contributed by atoms with Crippen molar-refractivity contribution >= 4 is 115 Å². The van der Waals surface area contributed by atoms with Crippen LogP contribution in [0.5, 0.6) is 23.0 Å². The van der Waals surface area contributed by atoms with Crippen molar-refractivity contribution in [1.82, 2.24) is 18.7 Å². The minimum Gasteiger partial charge on any atom is -0.453 e. The van der Waals surface area contributed by atoms with Crippen molar-refractivity contribution in [2.45, 2.75) is 0 Å². The van der Waals surface area contributed by atoms with E-state index in [0.29, 0.717) is 0 Å². The van der Waals surface area contributed by atoms with Crippen molar-refractivity contribution in [3.8, 4) is 84.6 Å². The Hall–Kier alpha value is -14.1. The van der Waals surface area contributed by atoms with Crippen LogP contribution in [0.25, 0.3) is 127 Å². The van der Waals surface area contributed by atoms with E-state index in [2.05, 4.69) is 372 Å². The lowest BCUT2D eigenvalue weighted by Crippen LogP contribution is -2.15. The van der Waals surface area contributed by atoms with Gasteiger partial charge in [0.05, 0.1) is 50.3 Å². The Morgan fingerprint density at radius 1 is 0.239 bits per heavy atom. The normalized spacial score (nSPS) is 12.0. The molecule has 0 atom stereocenters. The van der Waals surface area contributed by atoms with Gasteiger partial charge in [0.1, 0.15) is 0 Å². The fraction of sp³-hybridized carbons (Fsp3) is 0. The number of rotatable bonds is 9. The molecule has 0 unspecified atom stereocenters. The second-order valence-corrected chi connectivity index (χ2v) is 28.4. The maximum atomic E-state index is 6.35. The molecule has 22 rings (SSSR count). The summed E-state index contributed by atoms with van der Waals surface area (Å²) in [6.07, 6.45) is 4.41. The van der Waals surface area contributed by atoms with Crippen LogP contribution in [0, 0.1) is 0 Å². The number of H-pyrrole nitrogens is 1. The lowest BCUT2D eigenvalue weighted by atomic mass is 9.98. The fourth-order valence-corrected chi connectivity index (χ4v) is 16.4. The van der Waals surface area contributed by atoms with Gasteiger partial charge in [0.25, 0.3) is 0 Å². The van der Waals surface area contributed by atoms with Crippen molar-refractivity contribution in [1.29, 1.82) is 0 Å². The second-order valence-electron chi connectivity index (χ2n) is 27.5. The van der Waals surface area contributed by atoms with E-state index in [1.165, 1.54) is 104 Å². The van der Waals surface area contributed by atoms with Crippen LogP contribution in [0.2, 0.25) is 0 Å². The molecule has 0 radical (unpaired) electrons. The summed E-state index contributed by atoms with van der Waals surface area (Å²) < 4.78 is 20.5. The molecule has 2 aliphatic heterocycles. The van der Waals surface area contributed by atoms with Gasteiger partial charge in [-0.1, -0.05) is 246 Å². The largest absolute Gasteiger partial charge is 0.453 e. The first-order valence-corrected chi connectivity index (χ1v) is 37.5. The molecule has 2 aliphatic rings. The Kier molecular flexibility index (Phi) is 16.2. The van der Waals surface area contributed by atoms with Gasteiger partial charge < -0.3 is 38.0 Å². The van der Waals surface area contributed by atoms with E-state index in [0.717, 1.165) is 84.2 Å². The van der Waals surface area contributed by atoms with Crippen LogP contribution in [0.4, 0.5) is 34.1 Å². The third-order valence-electron chi connectivity index (χ3n) is 20.9. The zero-order chi connectivity index (χ0) is 72.3. The molecule has 0 saturated carbocycles. The van der Waals surface area contributed by atoms with Gasteiger partial charge in [-0.05, 0) is 202 Å². The number of anilines is 6. The van der Waals surface area contributed by atoms with E-state index >= 15 is 0 Å². The standard InChI is InChI=1S/C50H33N3O.C32H22N2.C18H12BrNO/c1-3-14-34(15-4-1)36-30-37(35-16-5-2-6-17-35)32-40(31-36)51-29-28-43-44(51)27-26-42-41-20-7-8-21-45(41)53(50(42)43)39-19-13-18-38(33-39)52-46-22-9-11-24-48(46)54-49-25-12-10-23-47(49)52;1-3-9-22(10-4-1)24-19-25(23-11-5-2-6-12-23)21-26(20-24)34-18-17-29-31(34)16-15-28-27-13-7-8-14-30(27)33-32(28)29;19-13-6-5-7-14(12-13)20-15-8-1-3-10-17(15)21-18-11-4-2-9-16(18)20/h1-33H;1-21,33H;1-12H. The zero-order valence-electron chi connectivity index (χ0n) is 59.0. The number of benzene rings is 16. The molecule has 20 aromatic rings. The molecule has 8 nitrogen and oxygen atoms in total. The molecule has 0 aliphatic carbocycles. The summed E-state index contributed by atoms with van der Waals surface area (Å²) in [5.74, 6) is 3.42. The molecular formula is C100H67BrN6O2. The van der Waals surface area contributed by atoms with Gasteiger partial charge >= 0.3 is 0 Å². The van der Waals surface area contributed by atoms with Crippen molar-refractivity contribution in [2.75, 3.05) is 9.80 Å². The van der Waals surface area contributed by atoms with Gasteiger partial charge in [0.15, 0.2) is 23.0 Å². The van der Waals surface area contributed by atoms with Crippen LogP contribution >= 0.6 is 15.9 Å². The highest BCUT2D eigenvalue weighted by molar-refractivity contribution is 9.10. The van der Waals surface area contributed by atoms with Crippen LogP contribution in [0.1, 0.15) is 0 Å². The summed E-state index contributed by atoms with van der Waals surface area (Å²) in [6, 6.07) is 137. The van der Waals surface area contributed by atoms with E-state index in [4.69, 9.17) is 9.47 Å². The molecular weight excluding hydrogens is 1400 g/mol. The quantitative estimate of drug-likeness (QED) is 0.156. The van der Waals surface area contributed by atoms with Gasteiger partial charge in [0, 0.05) is 83.1 Å². The lowest BCUT2D eigenvalue weighted by molar-refractivity contribution is 0.477. The number of aromatic amines is 1. The van der Waals surface area contributed by atoms with Crippen molar-refractivity contribution in [2.24, 2.45) is 0 Å². The lowest BCUT2D eigenvalue weighted by Gasteiger charge is -2.33. The molecule has 0 saturated heterocycles. The number of fused-ring (bicyclic) bond motifs is 14. The molecule has 109 heavy (non-hydrogen) atoms. The Labute approximate surface area is 638 Å². The van der Waals surface area contributed by atoms with E-state index in [1.807, 2.05) is 72.8 Å². The van der Waals surface area contributed by atoms with Gasteiger partial charge in [-0.25, -0.2) is 0 Å². The molecule has 0 spiro atoms. The maximum absolute atomic E-state index is 6.35. The van der Waals surface area contributed by atoms with Crippen molar-refractivity contribution < 1.29 is 9.47 Å².